The van der Waals surface area contributed by atoms with Gasteiger partial charge in [-0.2, -0.15) is 5.26 Å². The molecular weight excluding hydrogens is 324 g/mol. The zero-order chi connectivity index (χ0) is 18.2. The first-order chi connectivity index (χ1) is 12.0. The normalized spacial score (nSPS) is 15.8. The highest BCUT2D eigenvalue weighted by Crippen LogP contribution is 2.21. The third-order valence-corrected chi connectivity index (χ3v) is 4.14. The summed E-state index contributed by atoms with van der Waals surface area (Å²) in [5, 5.41) is 18.1. The molecule has 1 amide bonds. The summed E-state index contributed by atoms with van der Waals surface area (Å²) in [7, 11) is 0. The summed E-state index contributed by atoms with van der Waals surface area (Å²) in [5.41, 5.74) is 0.352. The Morgan fingerprint density at radius 3 is 2.72 bits per heavy atom. The maximum Gasteiger partial charge on any atom is 0.305 e. The van der Waals surface area contributed by atoms with Gasteiger partial charge in [0, 0.05) is 25.8 Å². The number of benzene rings is 1. The van der Waals surface area contributed by atoms with Crippen LogP contribution in [0.5, 0.6) is 5.75 Å². The number of amides is 1. The van der Waals surface area contributed by atoms with E-state index >= 15 is 0 Å². The van der Waals surface area contributed by atoms with E-state index in [0.717, 1.165) is 0 Å². The van der Waals surface area contributed by atoms with Crippen LogP contribution in [0.15, 0.2) is 24.3 Å². The van der Waals surface area contributed by atoms with Crippen molar-refractivity contribution in [2.75, 3.05) is 19.8 Å². The number of carbonyl (C=O) groups is 2. The van der Waals surface area contributed by atoms with Gasteiger partial charge in [-0.1, -0.05) is 12.1 Å². The quantitative estimate of drug-likeness (QED) is 0.808. The van der Waals surface area contributed by atoms with E-state index in [4.69, 9.17) is 19.8 Å². The number of aliphatic carboxylic acids is 1. The van der Waals surface area contributed by atoms with Gasteiger partial charge in [-0.15, -0.1) is 0 Å². The third kappa shape index (κ3) is 5.19. The van der Waals surface area contributed by atoms with Gasteiger partial charge in [-0.25, -0.2) is 0 Å². The largest absolute Gasteiger partial charge is 0.481 e. The second-order valence-electron chi connectivity index (χ2n) is 5.89. The third-order valence-electron chi connectivity index (χ3n) is 4.14. The zero-order valence-electron chi connectivity index (χ0n) is 14.2. The number of ether oxygens (including phenoxy) is 2. The highest BCUT2D eigenvalue weighted by molar-refractivity contribution is 5.82. The van der Waals surface area contributed by atoms with Crippen LogP contribution in [0, 0.1) is 11.3 Å². The lowest BCUT2D eigenvalue weighted by Crippen LogP contribution is -2.49. The number of hydrogen-bond acceptors (Lipinski definition) is 5. The molecule has 0 aliphatic carbocycles. The van der Waals surface area contributed by atoms with Crippen LogP contribution >= 0.6 is 0 Å². The predicted molar refractivity (Wildman–Crippen MR) is 89.1 cm³/mol. The fourth-order valence-electron chi connectivity index (χ4n) is 2.82. The Balaban J connectivity index is 2.10. The average Bonchev–Trinajstić information content (AvgIpc) is 2.62. The topological polar surface area (TPSA) is 99.9 Å². The molecule has 0 spiro atoms. The Kier molecular flexibility index (Phi) is 6.78. The SMILES string of the molecule is C[C@@H](Oc1ccccc1C#N)C(=O)N(CCC(=O)O)C1CCOCC1. The molecule has 1 atom stereocenters. The van der Waals surface area contributed by atoms with E-state index in [-0.39, 0.29) is 24.9 Å². The number of para-hydroxylation sites is 1. The van der Waals surface area contributed by atoms with Crippen molar-refractivity contribution in [1.29, 1.82) is 5.26 Å². The minimum Gasteiger partial charge on any atom is -0.481 e. The number of carboxylic acids is 1. The second kappa shape index (κ2) is 9.04. The van der Waals surface area contributed by atoms with Gasteiger partial charge in [0.2, 0.25) is 0 Å². The van der Waals surface area contributed by atoms with Crippen molar-refractivity contribution in [2.24, 2.45) is 0 Å². The molecule has 7 nitrogen and oxygen atoms in total. The minimum atomic E-state index is -0.951. The maximum atomic E-state index is 12.8. The molecule has 1 fully saturated rings. The molecule has 0 saturated carbocycles. The lowest BCUT2D eigenvalue weighted by atomic mass is 10.1. The van der Waals surface area contributed by atoms with Crippen molar-refractivity contribution in [2.45, 2.75) is 38.3 Å². The fraction of sp³-hybridized carbons (Fsp3) is 0.500. The summed E-state index contributed by atoms with van der Waals surface area (Å²) in [5.74, 6) is -0.884. The second-order valence-corrected chi connectivity index (χ2v) is 5.89. The van der Waals surface area contributed by atoms with E-state index in [1.54, 1.807) is 36.1 Å². The number of carbonyl (C=O) groups excluding carboxylic acids is 1. The van der Waals surface area contributed by atoms with Crippen molar-refractivity contribution >= 4 is 11.9 Å². The monoisotopic (exact) mass is 346 g/mol. The lowest BCUT2D eigenvalue weighted by Gasteiger charge is -2.35. The molecule has 1 aromatic carbocycles. The Morgan fingerprint density at radius 2 is 2.08 bits per heavy atom. The maximum absolute atomic E-state index is 12.8. The van der Waals surface area contributed by atoms with Gasteiger partial charge in [-0.3, -0.25) is 9.59 Å². The Hall–Kier alpha value is -2.59. The molecule has 1 aliphatic rings. The van der Waals surface area contributed by atoms with E-state index in [2.05, 4.69) is 0 Å². The van der Waals surface area contributed by atoms with Gasteiger partial charge in [0.05, 0.1) is 12.0 Å². The standard InChI is InChI=1S/C18H22N2O5/c1-13(25-16-5-3-2-4-14(16)12-19)18(23)20(9-6-17(21)22)15-7-10-24-11-8-15/h2-5,13,15H,6-11H2,1H3,(H,21,22)/t13-/m1/s1. The first-order valence-corrected chi connectivity index (χ1v) is 8.28. The molecule has 1 aromatic rings. The number of carboxylic acid groups (broad SMARTS) is 1. The number of hydrogen-bond donors (Lipinski definition) is 1. The van der Waals surface area contributed by atoms with Crippen molar-refractivity contribution in [3.05, 3.63) is 29.8 Å². The van der Waals surface area contributed by atoms with Gasteiger partial charge in [0.15, 0.2) is 6.10 Å². The molecule has 0 unspecified atom stereocenters. The smallest absolute Gasteiger partial charge is 0.305 e. The number of nitrogens with zero attached hydrogens (tertiary/aromatic N) is 2. The van der Waals surface area contributed by atoms with Crippen LogP contribution < -0.4 is 4.74 Å². The molecule has 0 bridgehead atoms. The highest BCUT2D eigenvalue weighted by atomic mass is 16.5. The summed E-state index contributed by atoms with van der Waals surface area (Å²) >= 11 is 0. The molecule has 1 N–H and O–H groups in total. The molecule has 1 saturated heterocycles. The van der Waals surface area contributed by atoms with Crippen molar-refractivity contribution in [1.82, 2.24) is 4.90 Å². The Bertz CT molecular complexity index is 649. The molecule has 7 heteroatoms. The summed E-state index contributed by atoms with van der Waals surface area (Å²) in [6, 6.07) is 8.68. The number of rotatable bonds is 7. The first kappa shape index (κ1) is 18.7. The Morgan fingerprint density at radius 1 is 1.40 bits per heavy atom. The van der Waals surface area contributed by atoms with Crippen LogP contribution in [-0.2, 0) is 14.3 Å². The molecule has 0 aromatic heterocycles. The molecule has 1 aliphatic heterocycles. The van der Waals surface area contributed by atoms with Crippen molar-refractivity contribution in [3.8, 4) is 11.8 Å². The summed E-state index contributed by atoms with van der Waals surface area (Å²) in [6.45, 7) is 2.85. The molecule has 2 rings (SSSR count). The van der Waals surface area contributed by atoms with Gasteiger partial charge in [0.1, 0.15) is 11.8 Å². The predicted octanol–water partition coefficient (Wildman–Crippen LogP) is 1.81. The van der Waals surface area contributed by atoms with Crippen LogP contribution in [0.25, 0.3) is 0 Å². The van der Waals surface area contributed by atoms with Crippen molar-refractivity contribution < 1.29 is 24.2 Å². The fourth-order valence-corrected chi connectivity index (χ4v) is 2.82. The van der Waals surface area contributed by atoms with E-state index in [1.165, 1.54) is 0 Å². The molecule has 0 radical (unpaired) electrons. The van der Waals surface area contributed by atoms with Crippen LogP contribution in [-0.4, -0.2) is 53.8 Å². The summed E-state index contributed by atoms with van der Waals surface area (Å²) in [4.78, 5) is 25.3. The van der Waals surface area contributed by atoms with E-state index in [0.29, 0.717) is 37.4 Å². The minimum absolute atomic E-state index is 0.0575. The van der Waals surface area contributed by atoms with E-state index < -0.39 is 12.1 Å². The highest BCUT2D eigenvalue weighted by Gasteiger charge is 2.30. The first-order valence-electron chi connectivity index (χ1n) is 8.28. The summed E-state index contributed by atoms with van der Waals surface area (Å²) in [6.07, 6.45) is 0.413. The lowest BCUT2D eigenvalue weighted by molar-refractivity contribution is -0.144. The average molecular weight is 346 g/mol. The van der Waals surface area contributed by atoms with E-state index in [9.17, 15) is 9.59 Å². The van der Waals surface area contributed by atoms with E-state index in [1.807, 2.05) is 6.07 Å². The van der Waals surface area contributed by atoms with Crippen LogP contribution in [0.2, 0.25) is 0 Å². The van der Waals surface area contributed by atoms with Crippen LogP contribution in [0.4, 0.5) is 0 Å². The Labute approximate surface area is 146 Å². The van der Waals surface area contributed by atoms with Crippen molar-refractivity contribution in [3.63, 3.8) is 0 Å². The molecule has 134 valence electrons. The van der Waals surface area contributed by atoms with Gasteiger partial charge in [0.25, 0.3) is 5.91 Å². The summed E-state index contributed by atoms with van der Waals surface area (Å²) < 4.78 is 11.0. The van der Waals surface area contributed by atoms with Gasteiger partial charge >= 0.3 is 5.97 Å². The molecular formula is C18H22N2O5. The molecule has 1 heterocycles. The van der Waals surface area contributed by atoms with Crippen LogP contribution in [0.3, 0.4) is 0 Å². The van der Waals surface area contributed by atoms with Crippen LogP contribution in [0.1, 0.15) is 31.7 Å². The van der Waals surface area contributed by atoms with Gasteiger partial charge < -0.3 is 19.5 Å². The zero-order valence-corrected chi connectivity index (χ0v) is 14.2. The van der Waals surface area contributed by atoms with Gasteiger partial charge in [-0.05, 0) is 31.9 Å². The molecule has 25 heavy (non-hydrogen) atoms. The number of nitriles is 1.